The van der Waals surface area contributed by atoms with Crippen molar-refractivity contribution in [3.8, 4) is 0 Å². The van der Waals surface area contributed by atoms with Gasteiger partial charge in [-0.25, -0.2) is 13.8 Å². The van der Waals surface area contributed by atoms with E-state index in [1.54, 1.807) is 13.0 Å². The normalized spacial score (nSPS) is 14.2. The molecule has 1 aliphatic heterocycles. The summed E-state index contributed by atoms with van der Waals surface area (Å²) in [5, 5.41) is 18.1. The zero-order chi connectivity index (χ0) is 24.5. The molecule has 182 valence electrons. The molecule has 1 saturated heterocycles. The average Bonchev–Trinajstić information content (AvgIpc) is 3.30. The fourth-order valence-corrected chi connectivity index (χ4v) is 4.54. The predicted octanol–water partition coefficient (Wildman–Crippen LogP) is 4.25. The van der Waals surface area contributed by atoms with Crippen LogP contribution in [0.2, 0.25) is 0 Å². The van der Waals surface area contributed by atoms with Crippen LogP contribution >= 0.6 is 0 Å². The highest BCUT2D eigenvalue weighted by Crippen LogP contribution is 2.29. The van der Waals surface area contributed by atoms with E-state index in [0.717, 1.165) is 59.7 Å². The smallest absolute Gasteiger partial charge is 0.264 e. The van der Waals surface area contributed by atoms with Gasteiger partial charge in [0.15, 0.2) is 5.82 Å². The summed E-state index contributed by atoms with van der Waals surface area (Å²) in [6.45, 7) is 7.45. The van der Waals surface area contributed by atoms with Gasteiger partial charge in [0, 0.05) is 68.5 Å². The monoisotopic (exact) mass is 478 g/mol. The van der Waals surface area contributed by atoms with Gasteiger partial charge in [0.05, 0.1) is 17.6 Å². The van der Waals surface area contributed by atoms with Crippen LogP contribution in [0.3, 0.4) is 0 Å². The first kappa shape index (κ1) is 22.9. The van der Waals surface area contributed by atoms with Crippen molar-refractivity contribution in [2.24, 2.45) is 7.05 Å². The van der Waals surface area contributed by atoms with Gasteiger partial charge in [0.25, 0.3) is 6.43 Å². The zero-order valence-corrected chi connectivity index (χ0v) is 20.0. The maximum absolute atomic E-state index is 13.3. The molecule has 8 nitrogen and oxygen atoms in total. The van der Waals surface area contributed by atoms with Gasteiger partial charge in [-0.2, -0.15) is 10.2 Å². The van der Waals surface area contributed by atoms with Crippen molar-refractivity contribution >= 4 is 28.1 Å². The van der Waals surface area contributed by atoms with Crippen molar-refractivity contribution in [2.75, 3.05) is 41.3 Å². The van der Waals surface area contributed by atoms with Crippen LogP contribution in [0.4, 0.5) is 26.1 Å². The molecule has 1 aliphatic rings. The van der Waals surface area contributed by atoms with E-state index >= 15 is 0 Å². The summed E-state index contributed by atoms with van der Waals surface area (Å²) >= 11 is 0. The number of nitrogens with zero attached hydrogens (tertiary/aromatic N) is 7. The van der Waals surface area contributed by atoms with Crippen LogP contribution in [0, 0.1) is 13.8 Å². The van der Waals surface area contributed by atoms with E-state index in [4.69, 9.17) is 4.98 Å². The van der Waals surface area contributed by atoms with E-state index in [0.29, 0.717) is 17.9 Å². The second-order valence-corrected chi connectivity index (χ2v) is 8.85. The van der Waals surface area contributed by atoms with Gasteiger partial charge in [-0.1, -0.05) is 18.2 Å². The van der Waals surface area contributed by atoms with Gasteiger partial charge in [-0.15, -0.1) is 5.10 Å². The summed E-state index contributed by atoms with van der Waals surface area (Å²) in [5.41, 5.74) is 3.37. The van der Waals surface area contributed by atoms with Crippen molar-refractivity contribution in [1.29, 1.82) is 0 Å². The summed E-state index contributed by atoms with van der Waals surface area (Å²) < 4.78 is 28.4. The van der Waals surface area contributed by atoms with E-state index in [1.165, 1.54) is 6.07 Å². The van der Waals surface area contributed by atoms with Crippen molar-refractivity contribution in [1.82, 2.24) is 25.0 Å². The Morgan fingerprint density at radius 1 is 1.00 bits per heavy atom. The number of anilines is 3. The number of halogens is 2. The molecule has 4 aromatic rings. The Labute approximate surface area is 202 Å². The van der Waals surface area contributed by atoms with Crippen LogP contribution in [-0.4, -0.2) is 51.1 Å². The van der Waals surface area contributed by atoms with Crippen LogP contribution < -0.4 is 15.1 Å². The predicted molar refractivity (Wildman–Crippen MR) is 133 cm³/mol. The van der Waals surface area contributed by atoms with Crippen molar-refractivity contribution in [3.63, 3.8) is 0 Å². The Bertz CT molecular complexity index is 1340. The second kappa shape index (κ2) is 9.44. The van der Waals surface area contributed by atoms with Gasteiger partial charge < -0.3 is 15.1 Å². The number of rotatable bonds is 6. The van der Waals surface area contributed by atoms with Gasteiger partial charge in [-0.05, 0) is 31.0 Å². The highest BCUT2D eigenvalue weighted by molar-refractivity contribution is 5.94. The van der Waals surface area contributed by atoms with Crippen LogP contribution in [0.1, 0.15) is 28.8 Å². The van der Waals surface area contributed by atoms with Crippen molar-refractivity contribution in [3.05, 3.63) is 65.2 Å². The Balaban J connectivity index is 1.37. The second-order valence-electron chi connectivity index (χ2n) is 8.85. The molecule has 5 rings (SSSR count). The third-order valence-electron chi connectivity index (χ3n) is 6.66. The Hall–Kier alpha value is -3.82. The molecule has 0 unspecified atom stereocenters. The minimum atomic E-state index is -2.50. The lowest BCUT2D eigenvalue weighted by molar-refractivity contribution is 0.150. The molecule has 0 bridgehead atoms. The summed E-state index contributed by atoms with van der Waals surface area (Å²) in [5.74, 6) is 1.50. The Morgan fingerprint density at radius 3 is 2.49 bits per heavy atom. The van der Waals surface area contributed by atoms with Gasteiger partial charge in [0.1, 0.15) is 5.82 Å². The lowest BCUT2D eigenvalue weighted by Gasteiger charge is -2.36. The maximum atomic E-state index is 13.3. The molecular formula is C25H28F2N8. The number of piperazine rings is 1. The first-order chi connectivity index (χ1) is 16.9. The molecule has 3 aromatic heterocycles. The molecule has 1 N–H and O–H groups in total. The molecule has 0 saturated carbocycles. The minimum absolute atomic E-state index is 0.0565. The van der Waals surface area contributed by atoms with Crippen LogP contribution in [0.15, 0.2) is 42.9 Å². The average molecular weight is 479 g/mol. The standard InChI is InChI=1S/C25H28F2N8/c1-16-18(5-4-6-20(16)24(26)27)12-29-25-21-11-23(28-14-22(21)17(2)31-32-25)35-9-7-34(8-10-35)19-13-30-33(3)15-19/h4-6,11,13-15,24H,7-10,12H2,1-3H3,(H,29,32). The maximum Gasteiger partial charge on any atom is 0.264 e. The summed E-state index contributed by atoms with van der Waals surface area (Å²) in [4.78, 5) is 9.30. The fraction of sp³-hybridized carbons (Fsp3) is 0.360. The number of pyridine rings is 1. The summed E-state index contributed by atoms with van der Waals surface area (Å²) in [7, 11) is 1.92. The number of hydrogen-bond donors (Lipinski definition) is 1. The lowest BCUT2D eigenvalue weighted by atomic mass is 10.0. The molecule has 4 heterocycles. The number of alkyl halides is 2. The number of benzene rings is 1. The summed E-state index contributed by atoms with van der Waals surface area (Å²) in [6.07, 6.45) is 3.27. The Kier molecular flexibility index (Phi) is 6.19. The molecule has 0 atom stereocenters. The highest BCUT2D eigenvalue weighted by atomic mass is 19.3. The quantitative estimate of drug-likeness (QED) is 0.444. The van der Waals surface area contributed by atoms with Crippen LogP contribution in [-0.2, 0) is 13.6 Å². The number of aromatic nitrogens is 5. The van der Waals surface area contributed by atoms with Gasteiger partial charge in [-0.3, -0.25) is 4.68 Å². The SMILES string of the molecule is Cc1c(CNc2nnc(C)c3cnc(N4CCN(c5cnn(C)c5)CC4)cc23)cccc1C(F)F. The molecule has 0 aliphatic carbocycles. The summed E-state index contributed by atoms with van der Waals surface area (Å²) in [6, 6.07) is 7.03. The first-order valence-corrected chi connectivity index (χ1v) is 11.6. The van der Waals surface area contributed by atoms with E-state index in [2.05, 4.69) is 30.4 Å². The fourth-order valence-electron chi connectivity index (χ4n) is 4.54. The topological polar surface area (TPSA) is 75.0 Å². The molecular weight excluding hydrogens is 450 g/mol. The number of nitrogens with one attached hydrogen (secondary N) is 1. The van der Waals surface area contributed by atoms with Crippen molar-refractivity contribution in [2.45, 2.75) is 26.8 Å². The lowest BCUT2D eigenvalue weighted by Crippen LogP contribution is -2.46. The van der Waals surface area contributed by atoms with Crippen molar-refractivity contribution < 1.29 is 8.78 Å². The van der Waals surface area contributed by atoms with E-state index in [-0.39, 0.29) is 5.56 Å². The molecule has 35 heavy (non-hydrogen) atoms. The zero-order valence-electron chi connectivity index (χ0n) is 20.0. The van der Waals surface area contributed by atoms with Gasteiger partial charge in [0.2, 0.25) is 0 Å². The van der Waals surface area contributed by atoms with Crippen LogP contribution in [0.25, 0.3) is 10.8 Å². The first-order valence-electron chi connectivity index (χ1n) is 11.6. The molecule has 1 fully saturated rings. The highest BCUT2D eigenvalue weighted by Gasteiger charge is 2.20. The largest absolute Gasteiger partial charge is 0.365 e. The van der Waals surface area contributed by atoms with E-state index in [1.807, 2.05) is 49.4 Å². The number of aryl methyl sites for hydroxylation is 2. The number of hydrogen-bond acceptors (Lipinski definition) is 7. The molecule has 0 radical (unpaired) electrons. The Morgan fingerprint density at radius 2 is 1.77 bits per heavy atom. The molecule has 1 aromatic carbocycles. The molecule has 10 heteroatoms. The van der Waals surface area contributed by atoms with Gasteiger partial charge >= 0.3 is 0 Å². The molecule has 0 spiro atoms. The third kappa shape index (κ3) is 4.60. The third-order valence-corrected chi connectivity index (χ3v) is 6.66. The van der Waals surface area contributed by atoms with E-state index < -0.39 is 6.43 Å². The number of fused-ring (bicyclic) bond motifs is 1. The minimum Gasteiger partial charge on any atom is -0.365 e. The molecule has 0 amide bonds. The van der Waals surface area contributed by atoms with E-state index in [9.17, 15) is 8.78 Å². The van der Waals surface area contributed by atoms with Crippen LogP contribution in [0.5, 0.6) is 0 Å².